The van der Waals surface area contributed by atoms with Gasteiger partial charge in [0.1, 0.15) is 0 Å². The molecule has 0 saturated carbocycles. The van der Waals surface area contributed by atoms with Crippen molar-refractivity contribution in [1.82, 2.24) is 5.32 Å². The van der Waals surface area contributed by atoms with Gasteiger partial charge in [-0.25, -0.2) is 0 Å². The molecule has 0 unspecified atom stereocenters. The Labute approximate surface area is 189 Å². The molecule has 3 amide bonds. The maximum absolute atomic E-state index is 12.3. The number of unbranched alkanes of at least 4 members (excludes halogenated alkanes) is 2. The Bertz CT molecular complexity index is 901. The maximum Gasteiger partial charge on any atom is 0.251 e. The molecule has 172 valence electrons. The molecule has 0 atom stereocenters. The van der Waals surface area contributed by atoms with E-state index in [0.29, 0.717) is 36.5 Å². The van der Waals surface area contributed by atoms with Gasteiger partial charge in [0.15, 0.2) is 0 Å². The number of carbonyl (C=O) groups is 3. The monoisotopic (exact) mass is 440 g/mol. The van der Waals surface area contributed by atoms with Crippen molar-refractivity contribution in [3.05, 3.63) is 54.1 Å². The summed E-state index contributed by atoms with van der Waals surface area (Å²) < 4.78 is 4.91. The summed E-state index contributed by atoms with van der Waals surface area (Å²) in [7, 11) is 1.57. The van der Waals surface area contributed by atoms with Gasteiger partial charge < -0.3 is 26.0 Å². The summed E-state index contributed by atoms with van der Waals surface area (Å²) in [6.45, 7) is 2.98. The van der Waals surface area contributed by atoms with Crippen molar-refractivity contribution in [2.75, 3.05) is 42.8 Å². The Kier molecular flexibility index (Phi) is 10.7. The highest BCUT2D eigenvalue weighted by atomic mass is 16.5. The Morgan fingerprint density at radius 3 is 2.31 bits per heavy atom. The average molecular weight is 441 g/mol. The first-order chi connectivity index (χ1) is 15.5. The van der Waals surface area contributed by atoms with E-state index in [1.54, 1.807) is 37.4 Å². The fraction of sp³-hybridized carbons (Fsp3) is 0.375. The zero-order valence-corrected chi connectivity index (χ0v) is 18.7. The Balaban J connectivity index is 1.83. The van der Waals surface area contributed by atoms with Gasteiger partial charge in [0.05, 0.1) is 13.2 Å². The molecule has 32 heavy (non-hydrogen) atoms. The highest BCUT2D eigenvalue weighted by molar-refractivity contribution is 5.98. The molecule has 0 fully saturated rings. The minimum Gasteiger partial charge on any atom is -0.383 e. The summed E-state index contributed by atoms with van der Waals surface area (Å²) in [4.78, 5) is 36.4. The second kappa shape index (κ2) is 13.8. The van der Waals surface area contributed by atoms with Gasteiger partial charge >= 0.3 is 0 Å². The van der Waals surface area contributed by atoms with E-state index < -0.39 is 0 Å². The van der Waals surface area contributed by atoms with E-state index in [-0.39, 0.29) is 24.3 Å². The molecule has 2 rings (SSSR count). The second-order valence-electron chi connectivity index (χ2n) is 7.32. The first-order valence-electron chi connectivity index (χ1n) is 10.8. The molecule has 4 N–H and O–H groups in total. The number of carbonyl (C=O) groups excluding carboxylic acids is 3. The molecule has 0 aliphatic rings. The number of rotatable bonds is 13. The maximum atomic E-state index is 12.3. The number of benzene rings is 2. The van der Waals surface area contributed by atoms with E-state index in [4.69, 9.17) is 4.74 Å². The van der Waals surface area contributed by atoms with E-state index in [1.807, 2.05) is 18.2 Å². The Hall–Kier alpha value is -3.39. The molecule has 2 aromatic rings. The minimum atomic E-state index is -0.254. The molecule has 8 heteroatoms. The van der Waals surface area contributed by atoms with Gasteiger partial charge in [-0.05, 0) is 42.8 Å². The van der Waals surface area contributed by atoms with Crippen LogP contribution in [0.5, 0.6) is 0 Å². The number of nitrogens with one attached hydrogen (secondary N) is 4. The molecule has 0 heterocycles. The molecule has 0 aliphatic heterocycles. The first-order valence-corrected chi connectivity index (χ1v) is 10.8. The van der Waals surface area contributed by atoms with Crippen molar-refractivity contribution >= 4 is 34.8 Å². The largest absolute Gasteiger partial charge is 0.383 e. The molecular weight excluding hydrogens is 408 g/mol. The first kappa shape index (κ1) is 24.9. The molecule has 0 radical (unpaired) electrons. The highest BCUT2D eigenvalue weighted by Gasteiger charge is 2.08. The van der Waals surface area contributed by atoms with Gasteiger partial charge in [0, 0.05) is 42.7 Å². The van der Waals surface area contributed by atoms with E-state index in [1.165, 1.54) is 0 Å². The standard InChI is InChI=1S/C24H32N4O4/c1-3-4-5-12-22(29)27-21-11-7-9-19(16-21)26-17-23(30)28-20-10-6-8-18(15-20)24(31)25-13-14-32-2/h6-11,15-16,26H,3-5,12-14,17H2,1-2H3,(H,25,31)(H,27,29)(H,28,30). The van der Waals surface area contributed by atoms with Crippen molar-refractivity contribution in [2.45, 2.75) is 32.6 Å². The summed E-state index contributed by atoms with van der Waals surface area (Å²) in [5.74, 6) is -0.500. The quantitative estimate of drug-likeness (QED) is 0.356. The summed E-state index contributed by atoms with van der Waals surface area (Å²) in [6.07, 6.45) is 3.47. The number of hydrogen-bond donors (Lipinski definition) is 4. The van der Waals surface area contributed by atoms with E-state index in [2.05, 4.69) is 28.2 Å². The SMILES string of the molecule is CCCCCC(=O)Nc1cccc(NCC(=O)Nc2cccc(C(=O)NCCOC)c2)c1. The summed E-state index contributed by atoms with van der Waals surface area (Å²) >= 11 is 0. The van der Waals surface area contributed by atoms with Crippen LogP contribution in [0.2, 0.25) is 0 Å². The third kappa shape index (κ3) is 9.18. The van der Waals surface area contributed by atoms with Crippen LogP contribution in [-0.4, -0.2) is 44.5 Å². The van der Waals surface area contributed by atoms with Gasteiger partial charge in [-0.1, -0.05) is 31.9 Å². The molecule has 0 bridgehead atoms. The van der Waals surface area contributed by atoms with E-state index in [0.717, 1.165) is 24.9 Å². The number of hydrogen-bond acceptors (Lipinski definition) is 5. The zero-order valence-electron chi connectivity index (χ0n) is 18.7. The zero-order chi connectivity index (χ0) is 23.2. The molecule has 2 aromatic carbocycles. The summed E-state index contributed by atoms with van der Waals surface area (Å²) in [5.41, 5.74) is 2.39. The molecule has 8 nitrogen and oxygen atoms in total. The van der Waals surface area contributed by atoms with Gasteiger partial charge in [0.2, 0.25) is 11.8 Å². The van der Waals surface area contributed by atoms with Crippen LogP contribution in [0, 0.1) is 0 Å². The fourth-order valence-electron chi connectivity index (χ4n) is 2.96. The van der Waals surface area contributed by atoms with Gasteiger partial charge in [-0.3, -0.25) is 14.4 Å². The average Bonchev–Trinajstić information content (AvgIpc) is 2.78. The lowest BCUT2D eigenvalue weighted by molar-refractivity contribution is -0.116. The summed E-state index contributed by atoms with van der Waals surface area (Å²) in [6, 6.07) is 14.0. The molecule has 0 saturated heterocycles. The van der Waals surface area contributed by atoms with Crippen molar-refractivity contribution in [3.63, 3.8) is 0 Å². The molecular formula is C24H32N4O4. The lowest BCUT2D eigenvalue weighted by Gasteiger charge is -2.11. The van der Waals surface area contributed by atoms with Crippen molar-refractivity contribution in [2.24, 2.45) is 0 Å². The van der Waals surface area contributed by atoms with Gasteiger partial charge in [0.25, 0.3) is 5.91 Å². The van der Waals surface area contributed by atoms with Gasteiger partial charge in [-0.15, -0.1) is 0 Å². The Morgan fingerprint density at radius 2 is 1.56 bits per heavy atom. The molecule has 0 aliphatic carbocycles. The predicted molar refractivity (Wildman–Crippen MR) is 127 cm³/mol. The highest BCUT2D eigenvalue weighted by Crippen LogP contribution is 2.16. The lowest BCUT2D eigenvalue weighted by Crippen LogP contribution is -2.27. The van der Waals surface area contributed by atoms with Crippen molar-refractivity contribution < 1.29 is 19.1 Å². The topological polar surface area (TPSA) is 109 Å². The number of ether oxygens (including phenoxy) is 1. The molecule has 0 aromatic heterocycles. The van der Waals surface area contributed by atoms with E-state index in [9.17, 15) is 14.4 Å². The van der Waals surface area contributed by atoms with Crippen LogP contribution in [0.4, 0.5) is 17.1 Å². The molecule has 0 spiro atoms. The number of anilines is 3. The smallest absolute Gasteiger partial charge is 0.251 e. The van der Waals surface area contributed by atoms with Crippen LogP contribution >= 0.6 is 0 Å². The van der Waals surface area contributed by atoms with E-state index >= 15 is 0 Å². The van der Waals surface area contributed by atoms with Gasteiger partial charge in [-0.2, -0.15) is 0 Å². The second-order valence-corrected chi connectivity index (χ2v) is 7.32. The Morgan fingerprint density at radius 1 is 0.875 bits per heavy atom. The predicted octanol–water partition coefficient (Wildman–Crippen LogP) is 3.63. The van der Waals surface area contributed by atoms with Crippen LogP contribution in [0.15, 0.2) is 48.5 Å². The summed E-state index contributed by atoms with van der Waals surface area (Å²) in [5, 5.41) is 11.4. The fourth-order valence-corrected chi connectivity index (χ4v) is 2.96. The van der Waals surface area contributed by atoms with Crippen LogP contribution in [0.25, 0.3) is 0 Å². The van der Waals surface area contributed by atoms with Crippen LogP contribution < -0.4 is 21.3 Å². The third-order valence-corrected chi connectivity index (χ3v) is 4.61. The normalized spacial score (nSPS) is 10.3. The minimum absolute atomic E-state index is 0.0144. The number of amides is 3. The van der Waals surface area contributed by atoms with Crippen molar-refractivity contribution in [3.8, 4) is 0 Å². The van der Waals surface area contributed by atoms with Crippen LogP contribution in [0.3, 0.4) is 0 Å². The third-order valence-electron chi connectivity index (χ3n) is 4.61. The van der Waals surface area contributed by atoms with Crippen molar-refractivity contribution in [1.29, 1.82) is 0 Å². The number of methoxy groups -OCH3 is 1. The van der Waals surface area contributed by atoms with Crippen LogP contribution in [0.1, 0.15) is 43.0 Å². The lowest BCUT2D eigenvalue weighted by atomic mass is 10.2. The van der Waals surface area contributed by atoms with Crippen LogP contribution in [-0.2, 0) is 14.3 Å².